The van der Waals surface area contributed by atoms with E-state index in [1.54, 1.807) is 0 Å². The monoisotopic (exact) mass is 373 g/mol. The van der Waals surface area contributed by atoms with Gasteiger partial charge >= 0.3 is 0 Å². The summed E-state index contributed by atoms with van der Waals surface area (Å²) in [7, 11) is 0. The van der Waals surface area contributed by atoms with Gasteiger partial charge in [-0.3, -0.25) is 4.79 Å². The van der Waals surface area contributed by atoms with Crippen LogP contribution < -0.4 is 16.6 Å². The van der Waals surface area contributed by atoms with Gasteiger partial charge in [-0.05, 0) is 42.0 Å². The average molecular weight is 373 g/mol. The van der Waals surface area contributed by atoms with Gasteiger partial charge in [0.05, 0.1) is 5.39 Å². The molecule has 6 nitrogen and oxygen atoms in total. The molecule has 1 fully saturated rings. The lowest BCUT2D eigenvalue weighted by Gasteiger charge is -2.16. The zero-order chi connectivity index (χ0) is 13.6. The molecule has 0 saturated carbocycles. The number of fused-ring (bicyclic) bond motifs is 1. The molecule has 3 rings (SSSR count). The van der Waals surface area contributed by atoms with Crippen molar-refractivity contribution in [1.82, 2.24) is 20.1 Å². The predicted molar refractivity (Wildman–Crippen MR) is 83.4 cm³/mol. The maximum Gasteiger partial charge on any atom is 0.288 e. The van der Waals surface area contributed by atoms with Gasteiger partial charge in [-0.15, -0.1) is 0 Å². The highest BCUT2D eigenvalue weighted by molar-refractivity contribution is 14.1. The van der Waals surface area contributed by atoms with Gasteiger partial charge in [-0.1, -0.05) is 6.92 Å². The van der Waals surface area contributed by atoms with Crippen LogP contribution in [0.15, 0.2) is 4.79 Å². The van der Waals surface area contributed by atoms with E-state index in [2.05, 4.69) is 49.6 Å². The summed E-state index contributed by atoms with van der Waals surface area (Å²) in [6.45, 7) is 3.99. The average Bonchev–Trinajstić information content (AvgIpc) is 3.00. The number of nitrogen functional groups attached to an aromatic ring is 1. The minimum absolute atomic E-state index is 0.159. The van der Waals surface area contributed by atoms with Crippen molar-refractivity contribution < 1.29 is 0 Å². The second-order valence-corrected chi connectivity index (χ2v) is 5.87. The summed E-state index contributed by atoms with van der Waals surface area (Å²) in [5.74, 6) is 0.401. The smallest absolute Gasteiger partial charge is 0.288 e. The highest BCUT2D eigenvalue weighted by Gasteiger charge is 2.26. The van der Waals surface area contributed by atoms with Crippen molar-refractivity contribution in [2.24, 2.45) is 0 Å². The molecule has 19 heavy (non-hydrogen) atoms. The summed E-state index contributed by atoms with van der Waals surface area (Å²) in [5.41, 5.74) is 7.63. The quantitative estimate of drug-likeness (QED) is 0.686. The summed E-state index contributed by atoms with van der Waals surface area (Å²) >= 11 is 2.27. The molecule has 1 saturated heterocycles. The number of rotatable bonds is 2. The van der Waals surface area contributed by atoms with Gasteiger partial charge < -0.3 is 15.6 Å². The molecule has 102 valence electrons. The zero-order valence-corrected chi connectivity index (χ0v) is 12.8. The fourth-order valence-electron chi connectivity index (χ4n) is 2.87. The van der Waals surface area contributed by atoms with E-state index in [-0.39, 0.29) is 5.56 Å². The van der Waals surface area contributed by atoms with Crippen LogP contribution in [-0.4, -0.2) is 27.9 Å². The Balaban J connectivity index is 2.41. The summed E-state index contributed by atoms with van der Waals surface area (Å²) in [5, 5.41) is 10.5. The van der Waals surface area contributed by atoms with Crippen LogP contribution in [0.5, 0.6) is 0 Å². The van der Waals surface area contributed by atoms with Crippen LogP contribution in [0.3, 0.4) is 0 Å². The van der Waals surface area contributed by atoms with Crippen LogP contribution in [0.25, 0.3) is 10.9 Å². The number of hydrogen-bond acceptors (Lipinski definition) is 4. The summed E-state index contributed by atoms with van der Waals surface area (Å²) < 4.78 is 3.21. The van der Waals surface area contributed by atoms with Crippen molar-refractivity contribution in [3.05, 3.63) is 19.6 Å². The van der Waals surface area contributed by atoms with Gasteiger partial charge in [0.25, 0.3) is 5.56 Å². The van der Waals surface area contributed by atoms with E-state index in [0.29, 0.717) is 17.4 Å². The van der Waals surface area contributed by atoms with Crippen molar-refractivity contribution in [2.45, 2.75) is 25.8 Å². The third kappa shape index (κ3) is 1.86. The largest absolute Gasteiger partial charge is 0.382 e. The van der Waals surface area contributed by atoms with Gasteiger partial charge in [0, 0.05) is 21.9 Å². The van der Waals surface area contributed by atoms with Gasteiger partial charge in [-0.2, -0.15) is 5.10 Å². The standard InChI is InChI=1S/C12H16IN5O/c1-2-7-9(13)8-10(12(19)17-16-11(8)14)18(7)6-3-4-15-5-6/h6,15H,2-5H2,1H3,(H2,14,16)(H,17,19)/t6-/m0/s1. The number of H-pyrrole nitrogens is 1. The number of hydrogen-bond donors (Lipinski definition) is 3. The number of nitrogens with one attached hydrogen (secondary N) is 2. The first kappa shape index (κ1) is 12.9. The SMILES string of the molecule is CCc1c(I)c2c(N)n[nH]c(=O)c2n1[C@H]1CCNC1. The van der Waals surface area contributed by atoms with Gasteiger partial charge in [-0.25, -0.2) is 5.10 Å². The highest BCUT2D eigenvalue weighted by Crippen LogP contribution is 2.33. The minimum atomic E-state index is -0.159. The maximum atomic E-state index is 12.2. The Kier molecular flexibility index (Phi) is 3.25. The van der Waals surface area contributed by atoms with Gasteiger partial charge in [0.1, 0.15) is 5.52 Å². The van der Waals surface area contributed by atoms with E-state index in [4.69, 9.17) is 5.73 Å². The Labute approximate surface area is 123 Å². The zero-order valence-electron chi connectivity index (χ0n) is 10.7. The fraction of sp³-hybridized carbons (Fsp3) is 0.500. The Morgan fingerprint density at radius 2 is 2.37 bits per heavy atom. The number of anilines is 1. The Hall–Kier alpha value is -1.09. The number of aromatic nitrogens is 3. The predicted octanol–water partition coefficient (Wildman–Crippen LogP) is 1.01. The number of aromatic amines is 1. The molecule has 0 aliphatic carbocycles. The lowest BCUT2D eigenvalue weighted by Crippen LogP contribution is -2.20. The molecule has 1 aliphatic rings. The molecule has 0 unspecified atom stereocenters. The van der Waals surface area contributed by atoms with E-state index in [0.717, 1.165) is 34.9 Å². The lowest BCUT2D eigenvalue weighted by atomic mass is 10.2. The molecular formula is C12H16IN5O. The van der Waals surface area contributed by atoms with Gasteiger partial charge in [0.2, 0.25) is 0 Å². The van der Waals surface area contributed by atoms with Crippen LogP contribution in [0.4, 0.5) is 5.82 Å². The first-order valence-electron chi connectivity index (χ1n) is 6.42. The Morgan fingerprint density at radius 1 is 1.58 bits per heavy atom. The topological polar surface area (TPSA) is 88.7 Å². The molecule has 0 radical (unpaired) electrons. The number of nitrogens with two attached hydrogens (primary N) is 1. The third-order valence-corrected chi connectivity index (χ3v) is 4.89. The molecular weight excluding hydrogens is 357 g/mol. The van der Waals surface area contributed by atoms with Crippen LogP contribution in [0.1, 0.15) is 25.1 Å². The third-order valence-electron chi connectivity index (χ3n) is 3.72. The van der Waals surface area contributed by atoms with Gasteiger partial charge in [0.15, 0.2) is 5.82 Å². The fourth-order valence-corrected chi connectivity index (χ4v) is 4.05. The van der Waals surface area contributed by atoms with E-state index in [1.165, 1.54) is 5.69 Å². The van der Waals surface area contributed by atoms with Crippen molar-refractivity contribution in [2.75, 3.05) is 18.8 Å². The molecule has 2 aromatic heterocycles. The first-order valence-corrected chi connectivity index (χ1v) is 7.50. The summed E-state index contributed by atoms with van der Waals surface area (Å²) in [6.07, 6.45) is 1.91. The molecule has 0 amide bonds. The molecule has 1 aliphatic heterocycles. The summed E-state index contributed by atoms with van der Waals surface area (Å²) in [4.78, 5) is 12.2. The normalized spacial score (nSPS) is 19.4. The van der Waals surface area contributed by atoms with Crippen molar-refractivity contribution >= 4 is 39.3 Å². The number of nitrogens with zero attached hydrogens (tertiary/aromatic N) is 2. The Morgan fingerprint density at radius 3 is 3.00 bits per heavy atom. The maximum absolute atomic E-state index is 12.2. The molecule has 4 N–H and O–H groups in total. The summed E-state index contributed by atoms with van der Waals surface area (Å²) in [6, 6.07) is 0.323. The molecule has 3 heterocycles. The lowest BCUT2D eigenvalue weighted by molar-refractivity contribution is 0.543. The molecule has 7 heteroatoms. The van der Waals surface area contributed by atoms with Crippen molar-refractivity contribution in [3.8, 4) is 0 Å². The molecule has 0 bridgehead atoms. The van der Waals surface area contributed by atoms with Crippen LogP contribution >= 0.6 is 22.6 Å². The molecule has 1 atom stereocenters. The molecule has 0 spiro atoms. The Bertz CT molecular complexity index is 683. The van der Waals surface area contributed by atoms with E-state index >= 15 is 0 Å². The molecule has 0 aromatic carbocycles. The second kappa shape index (κ2) is 4.78. The molecule has 2 aromatic rings. The first-order chi connectivity index (χ1) is 9.15. The van der Waals surface area contributed by atoms with Crippen molar-refractivity contribution in [1.29, 1.82) is 0 Å². The van der Waals surface area contributed by atoms with E-state index in [9.17, 15) is 4.79 Å². The van der Waals surface area contributed by atoms with Crippen LogP contribution in [-0.2, 0) is 6.42 Å². The number of halogens is 1. The second-order valence-electron chi connectivity index (χ2n) is 4.79. The van der Waals surface area contributed by atoms with E-state index < -0.39 is 0 Å². The van der Waals surface area contributed by atoms with Crippen molar-refractivity contribution in [3.63, 3.8) is 0 Å². The van der Waals surface area contributed by atoms with Crippen LogP contribution in [0.2, 0.25) is 0 Å². The van der Waals surface area contributed by atoms with Crippen LogP contribution in [0, 0.1) is 3.57 Å². The highest BCUT2D eigenvalue weighted by atomic mass is 127. The van der Waals surface area contributed by atoms with E-state index in [1.807, 2.05) is 0 Å². The minimum Gasteiger partial charge on any atom is -0.382 e.